The van der Waals surface area contributed by atoms with Gasteiger partial charge in [0.25, 0.3) is 0 Å². The summed E-state index contributed by atoms with van der Waals surface area (Å²) in [4.78, 5) is 28.3. The second-order valence-electron chi connectivity index (χ2n) is 7.36. The predicted molar refractivity (Wildman–Crippen MR) is 101 cm³/mol. The molecule has 0 saturated heterocycles. The van der Waals surface area contributed by atoms with Crippen molar-refractivity contribution in [1.82, 2.24) is 10.3 Å². The van der Waals surface area contributed by atoms with Gasteiger partial charge < -0.3 is 10.6 Å². The summed E-state index contributed by atoms with van der Waals surface area (Å²) in [6.07, 6.45) is 3.51. The van der Waals surface area contributed by atoms with Crippen LogP contribution in [0.1, 0.15) is 38.3 Å². The molecule has 0 saturated carbocycles. The third-order valence-corrected chi connectivity index (χ3v) is 4.99. The van der Waals surface area contributed by atoms with Gasteiger partial charge in [-0.2, -0.15) is 0 Å². The van der Waals surface area contributed by atoms with E-state index < -0.39 is 5.41 Å². The van der Waals surface area contributed by atoms with E-state index in [-0.39, 0.29) is 18.4 Å². The average molecular weight is 357 g/mol. The van der Waals surface area contributed by atoms with Crippen LogP contribution in [0.25, 0.3) is 11.3 Å². The Bertz CT molecular complexity index is 805. The van der Waals surface area contributed by atoms with Crippen LogP contribution >= 0.6 is 11.3 Å². The summed E-state index contributed by atoms with van der Waals surface area (Å²) in [7, 11) is 0. The van der Waals surface area contributed by atoms with E-state index in [0.717, 1.165) is 24.1 Å². The highest BCUT2D eigenvalue weighted by Gasteiger charge is 2.21. The molecule has 5 nitrogen and oxygen atoms in total. The number of amides is 2. The fraction of sp³-hybridized carbons (Fsp3) is 0.421. The molecule has 132 valence electrons. The van der Waals surface area contributed by atoms with E-state index in [1.807, 2.05) is 26.2 Å². The molecular weight excluding hydrogens is 334 g/mol. The molecule has 1 aromatic carbocycles. The van der Waals surface area contributed by atoms with Crippen LogP contribution < -0.4 is 10.6 Å². The highest BCUT2D eigenvalue weighted by molar-refractivity contribution is 7.14. The molecule has 0 spiro atoms. The quantitative estimate of drug-likeness (QED) is 0.881. The Morgan fingerprint density at radius 1 is 1.20 bits per heavy atom. The van der Waals surface area contributed by atoms with Crippen molar-refractivity contribution in [1.29, 1.82) is 0 Å². The van der Waals surface area contributed by atoms with E-state index in [2.05, 4.69) is 33.8 Å². The van der Waals surface area contributed by atoms with Gasteiger partial charge in [-0.15, -0.1) is 11.3 Å². The zero-order chi connectivity index (χ0) is 18.0. The number of anilines is 1. The SMILES string of the molecule is CC(C)(C)C(=O)NCC(=O)Nc1nc(-c2ccc3c(c2)CCC3)cs1. The molecule has 0 atom stereocenters. The summed E-state index contributed by atoms with van der Waals surface area (Å²) in [6, 6.07) is 6.47. The standard InChI is InChI=1S/C19H23N3O2S/c1-19(2,3)17(24)20-10-16(23)22-18-21-15(11-25-18)14-8-7-12-5-4-6-13(12)9-14/h7-9,11H,4-6,10H2,1-3H3,(H,20,24)(H,21,22,23). The molecule has 2 aromatic rings. The van der Waals surface area contributed by atoms with Crippen LogP contribution in [-0.2, 0) is 22.4 Å². The molecule has 0 radical (unpaired) electrons. The lowest BCUT2D eigenvalue weighted by atomic mass is 9.96. The molecule has 0 aliphatic heterocycles. The van der Waals surface area contributed by atoms with E-state index in [4.69, 9.17) is 0 Å². The smallest absolute Gasteiger partial charge is 0.245 e. The van der Waals surface area contributed by atoms with Crippen LogP contribution in [-0.4, -0.2) is 23.3 Å². The molecule has 6 heteroatoms. The van der Waals surface area contributed by atoms with Gasteiger partial charge in [0.15, 0.2) is 5.13 Å². The Hall–Kier alpha value is -2.21. The third-order valence-electron chi connectivity index (χ3n) is 4.24. The van der Waals surface area contributed by atoms with Crippen molar-refractivity contribution in [3.63, 3.8) is 0 Å². The van der Waals surface area contributed by atoms with Gasteiger partial charge in [-0.05, 0) is 36.5 Å². The molecule has 1 aliphatic rings. The molecule has 1 heterocycles. The molecule has 0 bridgehead atoms. The lowest BCUT2D eigenvalue weighted by molar-refractivity contribution is -0.130. The van der Waals surface area contributed by atoms with Crippen LogP contribution in [0.2, 0.25) is 0 Å². The van der Waals surface area contributed by atoms with Crippen LogP contribution in [0, 0.1) is 5.41 Å². The minimum atomic E-state index is -0.512. The number of benzene rings is 1. The zero-order valence-electron chi connectivity index (χ0n) is 14.8. The van der Waals surface area contributed by atoms with Crippen molar-refractivity contribution in [2.24, 2.45) is 5.41 Å². The summed E-state index contributed by atoms with van der Waals surface area (Å²) < 4.78 is 0. The highest BCUT2D eigenvalue weighted by atomic mass is 32.1. The third kappa shape index (κ3) is 4.25. The van der Waals surface area contributed by atoms with Crippen molar-refractivity contribution in [3.8, 4) is 11.3 Å². The first-order valence-corrected chi connectivity index (χ1v) is 9.37. The lowest BCUT2D eigenvalue weighted by Crippen LogP contribution is -2.39. The maximum atomic E-state index is 12.0. The molecule has 3 rings (SSSR count). The first-order chi connectivity index (χ1) is 11.8. The summed E-state index contributed by atoms with van der Waals surface area (Å²) in [5, 5.41) is 7.87. The Morgan fingerprint density at radius 3 is 2.72 bits per heavy atom. The largest absolute Gasteiger partial charge is 0.347 e. The van der Waals surface area contributed by atoms with E-state index in [9.17, 15) is 9.59 Å². The van der Waals surface area contributed by atoms with Gasteiger partial charge in [0.2, 0.25) is 11.8 Å². The van der Waals surface area contributed by atoms with Gasteiger partial charge in [-0.1, -0.05) is 32.9 Å². The van der Waals surface area contributed by atoms with Crippen molar-refractivity contribution in [2.75, 3.05) is 11.9 Å². The monoisotopic (exact) mass is 357 g/mol. The Labute approximate surface area is 151 Å². The Morgan fingerprint density at radius 2 is 1.96 bits per heavy atom. The molecule has 1 aromatic heterocycles. The molecule has 2 amide bonds. The number of fused-ring (bicyclic) bond motifs is 1. The topological polar surface area (TPSA) is 71.1 Å². The minimum absolute atomic E-state index is 0.0517. The van der Waals surface area contributed by atoms with E-state index in [1.54, 1.807) is 0 Å². The van der Waals surface area contributed by atoms with Crippen LogP contribution in [0.3, 0.4) is 0 Å². The average Bonchev–Trinajstić information content (AvgIpc) is 3.19. The number of thiazole rings is 1. The fourth-order valence-corrected chi connectivity index (χ4v) is 3.52. The van der Waals surface area contributed by atoms with Crippen molar-refractivity contribution >= 4 is 28.3 Å². The lowest BCUT2D eigenvalue weighted by Gasteiger charge is -2.17. The van der Waals surface area contributed by atoms with Crippen LogP contribution in [0.5, 0.6) is 0 Å². The second kappa shape index (κ2) is 6.96. The molecule has 2 N–H and O–H groups in total. The van der Waals surface area contributed by atoms with Crippen molar-refractivity contribution in [3.05, 3.63) is 34.7 Å². The number of carbonyl (C=O) groups is 2. The molecule has 0 unspecified atom stereocenters. The number of hydrogen-bond donors (Lipinski definition) is 2. The first kappa shape index (κ1) is 17.6. The number of carbonyl (C=O) groups excluding carboxylic acids is 2. The van der Waals surface area contributed by atoms with Gasteiger partial charge >= 0.3 is 0 Å². The van der Waals surface area contributed by atoms with Gasteiger partial charge in [-0.3, -0.25) is 9.59 Å². The molecule has 0 fully saturated rings. The number of aryl methyl sites for hydroxylation is 2. The van der Waals surface area contributed by atoms with Gasteiger partial charge in [-0.25, -0.2) is 4.98 Å². The second-order valence-corrected chi connectivity index (χ2v) is 8.21. The number of nitrogens with one attached hydrogen (secondary N) is 2. The van der Waals surface area contributed by atoms with E-state index >= 15 is 0 Å². The summed E-state index contributed by atoms with van der Waals surface area (Å²) >= 11 is 1.39. The Balaban J connectivity index is 1.60. The Kier molecular flexibility index (Phi) is 4.90. The van der Waals surface area contributed by atoms with E-state index in [0.29, 0.717) is 5.13 Å². The molecule has 25 heavy (non-hydrogen) atoms. The molecular formula is C19H23N3O2S. The number of rotatable bonds is 4. The van der Waals surface area contributed by atoms with Gasteiger partial charge in [0, 0.05) is 16.4 Å². The van der Waals surface area contributed by atoms with Crippen molar-refractivity contribution < 1.29 is 9.59 Å². The maximum Gasteiger partial charge on any atom is 0.245 e. The predicted octanol–water partition coefficient (Wildman–Crippen LogP) is 3.40. The fourth-order valence-electron chi connectivity index (χ4n) is 2.78. The van der Waals surface area contributed by atoms with Crippen LogP contribution in [0.4, 0.5) is 5.13 Å². The minimum Gasteiger partial charge on any atom is -0.347 e. The van der Waals surface area contributed by atoms with Gasteiger partial charge in [0.1, 0.15) is 0 Å². The summed E-state index contributed by atoms with van der Waals surface area (Å²) in [5.74, 6) is -0.423. The zero-order valence-corrected chi connectivity index (χ0v) is 15.6. The number of hydrogen-bond acceptors (Lipinski definition) is 4. The normalized spacial score (nSPS) is 13.4. The summed E-state index contributed by atoms with van der Waals surface area (Å²) in [5.41, 5.74) is 4.28. The number of aromatic nitrogens is 1. The van der Waals surface area contributed by atoms with E-state index in [1.165, 1.54) is 28.9 Å². The van der Waals surface area contributed by atoms with Crippen molar-refractivity contribution in [2.45, 2.75) is 40.0 Å². The maximum absolute atomic E-state index is 12.0. The summed E-state index contributed by atoms with van der Waals surface area (Å²) in [6.45, 7) is 5.38. The molecule has 1 aliphatic carbocycles. The van der Waals surface area contributed by atoms with Gasteiger partial charge in [0.05, 0.1) is 12.2 Å². The van der Waals surface area contributed by atoms with Crippen LogP contribution in [0.15, 0.2) is 23.6 Å². The first-order valence-electron chi connectivity index (χ1n) is 8.49. The highest BCUT2D eigenvalue weighted by Crippen LogP contribution is 2.30. The number of nitrogens with zero attached hydrogens (tertiary/aromatic N) is 1.